The molecule has 13 nitrogen and oxygen atoms in total. The Labute approximate surface area is 354 Å². The predicted molar refractivity (Wildman–Crippen MR) is 234 cm³/mol. The minimum absolute atomic E-state index is 0.106. The lowest BCUT2D eigenvalue weighted by atomic mass is 9.99. The van der Waals surface area contributed by atoms with Crippen LogP contribution in [-0.4, -0.2) is 86.2 Å². The summed E-state index contributed by atoms with van der Waals surface area (Å²) in [6, 6.07) is 34.3. The minimum atomic E-state index is -4.50. The van der Waals surface area contributed by atoms with Gasteiger partial charge >= 0.3 is 0 Å². The molecule has 7 rings (SSSR count). The van der Waals surface area contributed by atoms with E-state index < -0.39 is 35.6 Å². The number of quaternary nitrogens is 2. The number of nitrogens with zero attached hydrogens (tertiary/aromatic N) is 3. The number of piperazine rings is 1. The molecule has 5 aromatic rings. The zero-order valence-electron chi connectivity index (χ0n) is 32.6. The number of benzene rings is 5. The molecular formula is C42H46ClN7O6S3+2. The van der Waals surface area contributed by atoms with E-state index in [0.717, 1.165) is 48.3 Å². The van der Waals surface area contributed by atoms with Crippen molar-refractivity contribution in [3.63, 3.8) is 0 Å². The van der Waals surface area contributed by atoms with Crippen molar-refractivity contribution in [2.24, 2.45) is 4.40 Å². The molecule has 1 atom stereocenters. The van der Waals surface area contributed by atoms with E-state index in [9.17, 15) is 26.9 Å². The summed E-state index contributed by atoms with van der Waals surface area (Å²) >= 11 is 7.75. The average molecular weight is 877 g/mol. The van der Waals surface area contributed by atoms with Crippen LogP contribution in [0.1, 0.15) is 17.5 Å². The molecule has 2 heterocycles. The van der Waals surface area contributed by atoms with Gasteiger partial charge in [-0.2, -0.15) is 8.42 Å². The SMILES string of the molecule is C[NH+](C)CC[C@H](CSc1ccccc1)Nc1ccc(S(=O)(=O)NC2=NS(=O)(=O)c3cc(N4CC[NH+](Cc5ccccc5-c5ccc(Cl)cc5)CC4)ccc32)cc1[N+](=O)[O-]. The van der Waals surface area contributed by atoms with E-state index >= 15 is 0 Å². The summed E-state index contributed by atoms with van der Waals surface area (Å²) in [6.45, 7) is 4.66. The Hall–Kier alpha value is -4.97. The van der Waals surface area contributed by atoms with E-state index in [1.807, 2.05) is 80.8 Å². The maximum absolute atomic E-state index is 13.7. The number of halogens is 1. The molecule has 0 spiro atoms. The molecule has 0 amide bonds. The number of hydrogen-bond acceptors (Lipinski definition) is 9. The number of hydrogen-bond donors (Lipinski definition) is 4. The first-order valence-electron chi connectivity index (χ1n) is 19.2. The standard InChI is InChI=1S/C42H44ClN7O6S3/c1-47(2)21-20-33(29-57-35-9-4-3-5-10-35)44-39-19-17-36(27-40(39)50(51)52)58(53,54)45-42-38-18-16-34(26-41(38)59(55,56)46-42)49-24-22-48(23-25-49)28-31-8-6-7-11-37(31)30-12-14-32(43)15-13-30/h3-19,26-27,33,44H,20-25,28-29H2,1-2H3,(H,45,46)/p+2/t33-/m1/s1. The largest absolute Gasteiger partial charge is 0.376 e. The van der Waals surface area contributed by atoms with Gasteiger partial charge in [0, 0.05) is 51.0 Å². The number of thioether (sulfide) groups is 1. The quantitative estimate of drug-likeness (QED) is 0.0682. The van der Waals surface area contributed by atoms with Gasteiger partial charge in [-0.05, 0) is 65.7 Å². The third kappa shape index (κ3) is 10.3. The molecule has 17 heteroatoms. The molecular weight excluding hydrogens is 830 g/mol. The first-order chi connectivity index (χ1) is 28.3. The van der Waals surface area contributed by atoms with Gasteiger partial charge in [0.1, 0.15) is 17.1 Å². The van der Waals surface area contributed by atoms with Crippen LogP contribution in [0.5, 0.6) is 0 Å². The van der Waals surface area contributed by atoms with E-state index in [1.54, 1.807) is 23.9 Å². The molecule has 59 heavy (non-hydrogen) atoms. The highest BCUT2D eigenvalue weighted by molar-refractivity contribution is 7.99. The Morgan fingerprint density at radius 3 is 2.36 bits per heavy atom. The van der Waals surface area contributed by atoms with Crippen molar-refractivity contribution in [3.8, 4) is 11.1 Å². The summed E-state index contributed by atoms with van der Waals surface area (Å²) < 4.78 is 60.1. The second kappa shape index (κ2) is 18.1. The van der Waals surface area contributed by atoms with Gasteiger partial charge in [0.05, 0.1) is 56.6 Å². The third-order valence-corrected chi connectivity index (χ3v) is 14.5. The van der Waals surface area contributed by atoms with Crippen LogP contribution in [0.15, 0.2) is 134 Å². The molecule has 0 aromatic heterocycles. The molecule has 0 aliphatic carbocycles. The van der Waals surface area contributed by atoms with Crippen LogP contribution in [0.3, 0.4) is 0 Å². The van der Waals surface area contributed by atoms with Gasteiger partial charge in [-0.15, -0.1) is 16.2 Å². The molecule has 2 aliphatic heterocycles. The smallest absolute Gasteiger partial charge is 0.293 e. The van der Waals surface area contributed by atoms with E-state index in [-0.39, 0.29) is 28.0 Å². The van der Waals surface area contributed by atoms with Crippen molar-refractivity contribution >= 4 is 66.3 Å². The van der Waals surface area contributed by atoms with E-state index in [0.29, 0.717) is 36.0 Å². The lowest BCUT2D eigenvalue weighted by molar-refractivity contribution is -0.914. The topological polar surface area (TPSA) is 160 Å². The molecule has 5 aromatic carbocycles. The van der Waals surface area contributed by atoms with E-state index in [1.165, 1.54) is 33.6 Å². The highest BCUT2D eigenvalue weighted by Crippen LogP contribution is 2.33. The van der Waals surface area contributed by atoms with Crippen LogP contribution in [0.4, 0.5) is 17.1 Å². The summed E-state index contributed by atoms with van der Waals surface area (Å²) in [5.74, 6) is 0.262. The summed E-state index contributed by atoms with van der Waals surface area (Å²) in [7, 11) is -4.67. The average Bonchev–Trinajstić information content (AvgIpc) is 3.47. The second-order valence-corrected chi connectivity index (χ2v) is 19.7. The summed E-state index contributed by atoms with van der Waals surface area (Å²) in [6.07, 6.45) is 0.717. The monoisotopic (exact) mass is 875 g/mol. The molecule has 0 saturated carbocycles. The van der Waals surface area contributed by atoms with Crippen molar-refractivity contribution in [1.82, 2.24) is 4.72 Å². The van der Waals surface area contributed by atoms with Gasteiger partial charge in [-0.25, -0.2) is 8.42 Å². The fourth-order valence-electron chi connectivity index (χ4n) is 7.25. The van der Waals surface area contributed by atoms with Crippen molar-refractivity contribution in [2.45, 2.75) is 33.7 Å². The Kier molecular flexibility index (Phi) is 12.9. The molecule has 1 fully saturated rings. The third-order valence-electron chi connectivity index (χ3n) is 10.4. The Morgan fingerprint density at radius 2 is 1.64 bits per heavy atom. The molecule has 0 bridgehead atoms. The zero-order chi connectivity index (χ0) is 41.7. The molecule has 4 N–H and O–H groups in total. The van der Waals surface area contributed by atoms with Gasteiger partial charge in [0.25, 0.3) is 25.7 Å². The number of fused-ring (bicyclic) bond motifs is 1. The van der Waals surface area contributed by atoms with Gasteiger partial charge in [-0.1, -0.05) is 66.2 Å². The van der Waals surface area contributed by atoms with Crippen molar-refractivity contribution in [1.29, 1.82) is 0 Å². The number of anilines is 2. The Morgan fingerprint density at radius 1 is 0.932 bits per heavy atom. The van der Waals surface area contributed by atoms with Gasteiger partial charge in [-0.3, -0.25) is 14.8 Å². The fourth-order valence-corrected chi connectivity index (χ4v) is 10.7. The van der Waals surface area contributed by atoms with Crippen molar-refractivity contribution in [2.75, 3.05) is 62.8 Å². The van der Waals surface area contributed by atoms with Crippen molar-refractivity contribution in [3.05, 3.63) is 142 Å². The summed E-state index contributed by atoms with van der Waals surface area (Å²) in [5, 5.41) is 16.3. The molecule has 1 saturated heterocycles. The molecule has 0 unspecified atom stereocenters. The molecule has 308 valence electrons. The fraction of sp³-hybridized carbons (Fsp3) is 0.262. The Balaban J connectivity index is 1.03. The maximum atomic E-state index is 13.7. The number of amidine groups is 1. The highest BCUT2D eigenvalue weighted by atomic mass is 35.5. The number of rotatable bonds is 15. The van der Waals surface area contributed by atoms with Gasteiger partial charge < -0.3 is 20.0 Å². The van der Waals surface area contributed by atoms with Crippen LogP contribution < -0.4 is 24.7 Å². The number of nitro groups is 1. The predicted octanol–water partition coefficient (Wildman–Crippen LogP) is 4.36. The van der Waals surface area contributed by atoms with Crippen molar-refractivity contribution < 1.29 is 31.6 Å². The highest BCUT2D eigenvalue weighted by Gasteiger charge is 2.34. The van der Waals surface area contributed by atoms with Crippen LogP contribution in [0, 0.1) is 10.1 Å². The van der Waals surface area contributed by atoms with Crippen LogP contribution in [0.2, 0.25) is 5.02 Å². The summed E-state index contributed by atoms with van der Waals surface area (Å²) in [5.41, 5.74) is 4.07. The lowest BCUT2D eigenvalue weighted by Gasteiger charge is -2.34. The van der Waals surface area contributed by atoms with Crippen LogP contribution in [0.25, 0.3) is 11.1 Å². The summed E-state index contributed by atoms with van der Waals surface area (Å²) in [4.78, 5) is 17.0. The second-order valence-electron chi connectivity index (χ2n) is 14.9. The van der Waals surface area contributed by atoms with Crippen LogP contribution in [-0.2, 0) is 26.6 Å². The van der Waals surface area contributed by atoms with E-state index in [4.69, 9.17) is 11.6 Å². The number of sulfonamides is 2. The van der Waals surface area contributed by atoms with Gasteiger partial charge in [0.2, 0.25) is 0 Å². The minimum Gasteiger partial charge on any atom is -0.376 e. The van der Waals surface area contributed by atoms with Crippen LogP contribution >= 0.6 is 23.4 Å². The maximum Gasteiger partial charge on any atom is 0.293 e. The normalized spacial score (nSPS) is 15.7. The van der Waals surface area contributed by atoms with E-state index in [2.05, 4.69) is 31.5 Å². The number of nitrogens with one attached hydrogen (secondary N) is 4. The van der Waals surface area contributed by atoms with Gasteiger partial charge in [0.15, 0.2) is 5.84 Å². The Bertz CT molecular complexity index is 2570. The molecule has 0 radical (unpaired) electrons. The molecule has 2 aliphatic rings. The first kappa shape index (κ1) is 42.2. The number of nitro benzene ring substituents is 1. The zero-order valence-corrected chi connectivity index (χ0v) is 35.8. The first-order valence-corrected chi connectivity index (χ1v) is 23.5. The lowest BCUT2D eigenvalue weighted by Crippen LogP contribution is -3.13.